The minimum absolute atomic E-state index is 0.256. The van der Waals surface area contributed by atoms with E-state index < -0.39 is 6.10 Å². The van der Waals surface area contributed by atoms with Gasteiger partial charge in [-0.25, -0.2) is 0 Å². The van der Waals surface area contributed by atoms with Crippen molar-refractivity contribution in [3.8, 4) is 0 Å². The summed E-state index contributed by atoms with van der Waals surface area (Å²) < 4.78 is 16.7. The zero-order chi connectivity index (χ0) is 19.1. The molecule has 0 amide bonds. The summed E-state index contributed by atoms with van der Waals surface area (Å²) in [5, 5.41) is 10.5. The number of rotatable bonds is 10. The second kappa shape index (κ2) is 10.0. The van der Waals surface area contributed by atoms with Gasteiger partial charge >= 0.3 is 0 Å². The fraction of sp³-hybridized carbons (Fsp3) is 0.545. The summed E-state index contributed by atoms with van der Waals surface area (Å²) in [6.45, 7) is 7.98. The van der Waals surface area contributed by atoms with Crippen molar-refractivity contribution >= 4 is 0 Å². The highest BCUT2D eigenvalue weighted by molar-refractivity contribution is 5.30. The summed E-state index contributed by atoms with van der Waals surface area (Å²) in [6.07, 6.45) is 3.55. The summed E-state index contributed by atoms with van der Waals surface area (Å²) in [5.74, 6) is 0.772. The van der Waals surface area contributed by atoms with Crippen LogP contribution in [0.2, 0.25) is 0 Å². The third-order valence-corrected chi connectivity index (χ3v) is 4.98. The lowest BCUT2D eigenvalue weighted by molar-refractivity contribution is -0.00639. The van der Waals surface area contributed by atoms with Crippen molar-refractivity contribution in [2.75, 3.05) is 26.3 Å². The fourth-order valence-corrected chi connectivity index (χ4v) is 3.59. The van der Waals surface area contributed by atoms with Gasteiger partial charge in [0, 0.05) is 26.2 Å². The molecule has 148 valence electrons. The molecule has 1 aliphatic rings. The Bertz CT molecular complexity index is 680. The molecule has 0 saturated carbocycles. The van der Waals surface area contributed by atoms with Gasteiger partial charge in [-0.3, -0.25) is 4.90 Å². The van der Waals surface area contributed by atoms with Crippen LogP contribution in [0.3, 0.4) is 0 Å². The van der Waals surface area contributed by atoms with Crippen LogP contribution in [0, 0.1) is 13.8 Å². The van der Waals surface area contributed by atoms with Crippen LogP contribution in [-0.2, 0) is 22.6 Å². The standard InChI is InChI=1S/C22H31NO4/c1-17-7-8-19(18(2)11-17)12-23(14-21-5-3-9-26-21)13-20(24)15-25-16-22-6-4-10-27-22/h4,6-8,10-11,20-21,24H,3,5,9,12-16H2,1-2H3/t20-,21+/m1/s1. The average molecular weight is 373 g/mol. The molecular weight excluding hydrogens is 342 g/mol. The summed E-state index contributed by atoms with van der Waals surface area (Å²) >= 11 is 0. The van der Waals surface area contributed by atoms with Crippen molar-refractivity contribution in [2.45, 2.75) is 52.0 Å². The van der Waals surface area contributed by atoms with E-state index in [1.807, 2.05) is 12.1 Å². The van der Waals surface area contributed by atoms with E-state index in [1.54, 1.807) is 6.26 Å². The summed E-state index contributed by atoms with van der Waals surface area (Å²) in [6, 6.07) is 10.3. The topological polar surface area (TPSA) is 55.1 Å². The van der Waals surface area contributed by atoms with E-state index in [9.17, 15) is 5.11 Å². The van der Waals surface area contributed by atoms with Gasteiger partial charge in [-0.05, 0) is 49.9 Å². The molecule has 1 fully saturated rings. The molecule has 0 radical (unpaired) electrons. The first-order valence-electron chi connectivity index (χ1n) is 9.78. The SMILES string of the molecule is Cc1ccc(CN(C[C@@H](O)COCc2ccco2)C[C@@H]2CCCO2)c(C)c1. The summed E-state index contributed by atoms with van der Waals surface area (Å²) in [4.78, 5) is 2.29. The van der Waals surface area contributed by atoms with E-state index >= 15 is 0 Å². The molecule has 1 N–H and O–H groups in total. The normalized spacial score (nSPS) is 18.3. The highest BCUT2D eigenvalue weighted by Gasteiger charge is 2.21. The zero-order valence-corrected chi connectivity index (χ0v) is 16.4. The number of aliphatic hydroxyl groups excluding tert-OH is 1. The predicted octanol–water partition coefficient (Wildman–Crippen LogP) is 3.46. The van der Waals surface area contributed by atoms with Gasteiger partial charge in [0.1, 0.15) is 12.4 Å². The van der Waals surface area contributed by atoms with Crippen LogP contribution >= 0.6 is 0 Å². The number of hydrogen-bond donors (Lipinski definition) is 1. The second-order valence-electron chi connectivity index (χ2n) is 7.51. The van der Waals surface area contributed by atoms with Crippen LogP contribution in [0.1, 0.15) is 35.3 Å². The van der Waals surface area contributed by atoms with Crippen LogP contribution in [0.25, 0.3) is 0 Å². The Hall–Kier alpha value is -1.66. The quantitative estimate of drug-likeness (QED) is 0.691. The Kier molecular flexibility index (Phi) is 7.47. The average Bonchev–Trinajstić information content (AvgIpc) is 3.31. The first-order valence-corrected chi connectivity index (χ1v) is 9.78. The Balaban J connectivity index is 1.54. The largest absolute Gasteiger partial charge is 0.467 e. The third-order valence-electron chi connectivity index (χ3n) is 4.98. The molecule has 27 heavy (non-hydrogen) atoms. The van der Waals surface area contributed by atoms with Gasteiger partial charge in [0.2, 0.25) is 0 Å². The van der Waals surface area contributed by atoms with Gasteiger partial charge in [-0.15, -0.1) is 0 Å². The van der Waals surface area contributed by atoms with E-state index in [-0.39, 0.29) is 12.7 Å². The van der Waals surface area contributed by atoms with E-state index in [2.05, 4.69) is 36.9 Å². The van der Waals surface area contributed by atoms with Gasteiger partial charge in [0.25, 0.3) is 0 Å². The van der Waals surface area contributed by atoms with Gasteiger partial charge in [0.05, 0.1) is 25.1 Å². The van der Waals surface area contributed by atoms with Crippen LogP contribution in [0.4, 0.5) is 0 Å². The van der Waals surface area contributed by atoms with E-state index in [0.29, 0.717) is 13.2 Å². The lowest BCUT2D eigenvalue weighted by atomic mass is 10.0. The molecule has 0 spiro atoms. The van der Waals surface area contributed by atoms with Crippen LogP contribution in [0.15, 0.2) is 41.0 Å². The number of hydrogen-bond acceptors (Lipinski definition) is 5. The smallest absolute Gasteiger partial charge is 0.129 e. The molecule has 1 aromatic heterocycles. The van der Waals surface area contributed by atoms with Crippen LogP contribution in [0.5, 0.6) is 0 Å². The molecule has 2 heterocycles. The number of furan rings is 1. The van der Waals surface area contributed by atoms with Crippen molar-refractivity contribution in [3.63, 3.8) is 0 Å². The number of aliphatic hydroxyl groups is 1. The third kappa shape index (κ3) is 6.47. The molecule has 1 saturated heterocycles. The minimum Gasteiger partial charge on any atom is -0.467 e. The maximum Gasteiger partial charge on any atom is 0.129 e. The monoisotopic (exact) mass is 373 g/mol. The van der Waals surface area contributed by atoms with Crippen molar-refractivity contribution in [2.24, 2.45) is 0 Å². The second-order valence-corrected chi connectivity index (χ2v) is 7.51. The highest BCUT2D eigenvalue weighted by atomic mass is 16.5. The van der Waals surface area contributed by atoms with E-state index in [1.165, 1.54) is 16.7 Å². The van der Waals surface area contributed by atoms with Crippen molar-refractivity contribution in [1.29, 1.82) is 0 Å². The van der Waals surface area contributed by atoms with E-state index in [4.69, 9.17) is 13.9 Å². The van der Waals surface area contributed by atoms with Crippen molar-refractivity contribution in [1.82, 2.24) is 4.90 Å². The Morgan fingerprint density at radius 1 is 1.30 bits per heavy atom. The number of ether oxygens (including phenoxy) is 2. The van der Waals surface area contributed by atoms with Crippen LogP contribution in [-0.4, -0.2) is 48.5 Å². The molecule has 0 aliphatic carbocycles. The van der Waals surface area contributed by atoms with Gasteiger partial charge in [0.15, 0.2) is 0 Å². The fourth-order valence-electron chi connectivity index (χ4n) is 3.59. The molecule has 5 heteroatoms. The van der Waals surface area contributed by atoms with Gasteiger partial charge in [-0.2, -0.15) is 0 Å². The zero-order valence-electron chi connectivity index (χ0n) is 16.4. The molecule has 1 aromatic carbocycles. The molecule has 2 atom stereocenters. The van der Waals surface area contributed by atoms with E-state index in [0.717, 1.165) is 38.3 Å². The van der Waals surface area contributed by atoms with Crippen molar-refractivity contribution in [3.05, 3.63) is 59.0 Å². The highest BCUT2D eigenvalue weighted by Crippen LogP contribution is 2.18. The van der Waals surface area contributed by atoms with Crippen molar-refractivity contribution < 1.29 is 19.0 Å². The molecular formula is C22H31NO4. The Morgan fingerprint density at radius 2 is 2.19 bits per heavy atom. The molecule has 0 unspecified atom stereocenters. The first kappa shape index (κ1) is 20.1. The molecule has 3 rings (SSSR count). The maximum atomic E-state index is 10.5. The Morgan fingerprint density at radius 3 is 2.89 bits per heavy atom. The first-order chi connectivity index (χ1) is 13.1. The molecule has 1 aliphatic heterocycles. The summed E-state index contributed by atoms with van der Waals surface area (Å²) in [7, 11) is 0. The Labute approximate surface area is 161 Å². The van der Waals surface area contributed by atoms with Crippen LogP contribution < -0.4 is 0 Å². The summed E-state index contributed by atoms with van der Waals surface area (Å²) in [5.41, 5.74) is 3.85. The van der Waals surface area contributed by atoms with Gasteiger partial charge in [-0.1, -0.05) is 23.8 Å². The molecule has 0 bridgehead atoms. The predicted molar refractivity (Wildman–Crippen MR) is 105 cm³/mol. The number of nitrogens with zero attached hydrogens (tertiary/aromatic N) is 1. The number of aryl methyl sites for hydroxylation is 2. The molecule has 2 aromatic rings. The van der Waals surface area contributed by atoms with Gasteiger partial charge < -0.3 is 19.0 Å². The number of benzene rings is 1. The lowest BCUT2D eigenvalue weighted by Gasteiger charge is -2.28. The minimum atomic E-state index is -0.549. The molecule has 5 nitrogen and oxygen atoms in total. The maximum absolute atomic E-state index is 10.5. The lowest BCUT2D eigenvalue weighted by Crippen LogP contribution is -2.39.